The highest BCUT2D eigenvalue weighted by Gasteiger charge is 2.17. The predicted octanol–water partition coefficient (Wildman–Crippen LogP) is 3.20. The Kier molecular flexibility index (Phi) is 3.15. The molecule has 2 aromatic rings. The van der Waals surface area contributed by atoms with Crippen LogP contribution in [0.4, 0.5) is 0 Å². The molecule has 3 rings (SSSR count). The van der Waals surface area contributed by atoms with Crippen LogP contribution in [0, 0.1) is 6.92 Å². The van der Waals surface area contributed by atoms with Crippen LogP contribution in [0.1, 0.15) is 36.7 Å². The minimum atomic E-state index is 0.401. The third-order valence-corrected chi connectivity index (χ3v) is 3.60. The van der Waals surface area contributed by atoms with Gasteiger partial charge in [0.25, 0.3) is 0 Å². The van der Waals surface area contributed by atoms with E-state index in [2.05, 4.69) is 46.5 Å². The van der Waals surface area contributed by atoms with Crippen LogP contribution in [0.3, 0.4) is 0 Å². The number of hydrogen-bond donors (Lipinski definition) is 2. The average molecular weight is 241 g/mol. The number of nitrogens with zero attached hydrogens (tertiary/aromatic N) is 1. The lowest BCUT2D eigenvalue weighted by Crippen LogP contribution is -2.27. The van der Waals surface area contributed by atoms with Crippen molar-refractivity contribution in [3.05, 3.63) is 41.9 Å². The standard InChI is InChI=1S/C15H19N3/c1-11-5-7-12(8-6-11)14-10-17-15(18-14)13-4-2-3-9-16-13/h5-8,10,13,16H,2-4,9H2,1H3,(H,17,18)/t13-/m1/s1. The summed E-state index contributed by atoms with van der Waals surface area (Å²) in [6.45, 7) is 3.21. The van der Waals surface area contributed by atoms with Gasteiger partial charge in [0.2, 0.25) is 0 Å². The van der Waals surface area contributed by atoms with Gasteiger partial charge in [-0.3, -0.25) is 0 Å². The lowest BCUT2D eigenvalue weighted by Gasteiger charge is -2.21. The smallest absolute Gasteiger partial charge is 0.123 e. The summed E-state index contributed by atoms with van der Waals surface area (Å²) in [6.07, 6.45) is 5.69. The van der Waals surface area contributed by atoms with Gasteiger partial charge in [0.15, 0.2) is 0 Å². The van der Waals surface area contributed by atoms with Crippen molar-refractivity contribution in [3.63, 3.8) is 0 Å². The number of nitrogens with one attached hydrogen (secondary N) is 2. The van der Waals surface area contributed by atoms with Crippen LogP contribution in [0.5, 0.6) is 0 Å². The normalized spacial score (nSPS) is 19.9. The van der Waals surface area contributed by atoms with E-state index in [-0.39, 0.29) is 0 Å². The van der Waals surface area contributed by atoms with Gasteiger partial charge in [-0.15, -0.1) is 0 Å². The van der Waals surface area contributed by atoms with Crippen LogP contribution in [-0.4, -0.2) is 16.5 Å². The maximum Gasteiger partial charge on any atom is 0.123 e. The first-order chi connectivity index (χ1) is 8.83. The van der Waals surface area contributed by atoms with Gasteiger partial charge >= 0.3 is 0 Å². The zero-order chi connectivity index (χ0) is 12.4. The lowest BCUT2D eigenvalue weighted by atomic mass is 10.0. The molecule has 1 aromatic heterocycles. The number of piperidine rings is 1. The monoisotopic (exact) mass is 241 g/mol. The average Bonchev–Trinajstić information content (AvgIpc) is 2.90. The second kappa shape index (κ2) is 4.94. The number of aromatic amines is 1. The van der Waals surface area contributed by atoms with Crippen LogP contribution < -0.4 is 5.32 Å². The van der Waals surface area contributed by atoms with Gasteiger partial charge in [-0.25, -0.2) is 4.98 Å². The van der Waals surface area contributed by atoms with Crippen molar-refractivity contribution < 1.29 is 0 Å². The van der Waals surface area contributed by atoms with E-state index in [0.29, 0.717) is 6.04 Å². The van der Waals surface area contributed by atoms with Crippen molar-refractivity contribution in [2.45, 2.75) is 32.2 Å². The van der Waals surface area contributed by atoms with Crippen LogP contribution in [0.25, 0.3) is 11.3 Å². The molecule has 0 saturated carbocycles. The number of aromatic nitrogens is 2. The molecule has 0 aliphatic carbocycles. The number of imidazole rings is 1. The Balaban J connectivity index is 1.82. The second-order valence-corrected chi connectivity index (χ2v) is 5.05. The third kappa shape index (κ3) is 2.31. The third-order valence-electron chi connectivity index (χ3n) is 3.60. The minimum Gasteiger partial charge on any atom is -0.341 e. The van der Waals surface area contributed by atoms with E-state index in [1.807, 2.05) is 6.20 Å². The Morgan fingerprint density at radius 3 is 2.72 bits per heavy atom. The number of aryl methyl sites for hydroxylation is 1. The first-order valence-electron chi connectivity index (χ1n) is 6.68. The molecule has 1 saturated heterocycles. The van der Waals surface area contributed by atoms with Gasteiger partial charge in [-0.2, -0.15) is 0 Å². The van der Waals surface area contributed by atoms with Crippen LogP contribution >= 0.6 is 0 Å². The van der Waals surface area contributed by atoms with Crippen molar-refractivity contribution in [1.29, 1.82) is 0 Å². The Morgan fingerprint density at radius 2 is 2.00 bits per heavy atom. The molecule has 94 valence electrons. The fourth-order valence-corrected chi connectivity index (χ4v) is 2.48. The van der Waals surface area contributed by atoms with Crippen LogP contribution in [0.2, 0.25) is 0 Å². The molecule has 3 nitrogen and oxygen atoms in total. The number of rotatable bonds is 2. The van der Waals surface area contributed by atoms with E-state index < -0.39 is 0 Å². The van der Waals surface area contributed by atoms with E-state index in [9.17, 15) is 0 Å². The number of benzene rings is 1. The Bertz CT molecular complexity index is 507. The molecular formula is C15H19N3. The quantitative estimate of drug-likeness (QED) is 0.847. The molecule has 0 spiro atoms. The van der Waals surface area contributed by atoms with Gasteiger partial charge < -0.3 is 10.3 Å². The first kappa shape index (κ1) is 11.5. The van der Waals surface area contributed by atoms with Crippen molar-refractivity contribution in [2.75, 3.05) is 6.54 Å². The van der Waals surface area contributed by atoms with Gasteiger partial charge in [0.1, 0.15) is 5.82 Å². The van der Waals surface area contributed by atoms with E-state index in [1.165, 1.54) is 30.4 Å². The highest BCUT2D eigenvalue weighted by atomic mass is 15.0. The molecule has 0 bridgehead atoms. The minimum absolute atomic E-state index is 0.401. The van der Waals surface area contributed by atoms with Gasteiger partial charge in [-0.1, -0.05) is 36.2 Å². The molecule has 1 aliphatic heterocycles. The molecule has 1 aliphatic rings. The van der Waals surface area contributed by atoms with E-state index in [1.54, 1.807) is 0 Å². The summed E-state index contributed by atoms with van der Waals surface area (Å²) in [5.41, 5.74) is 3.60. The van der Waals surface area contributed by atoms with Crippen molar-refractivity contribution in [1.82, 2.24) is 15.3 Å². The molecule has 0 unspecified atom stereocenters. The second-order valence-electron chi connectivity index (χ2n) is 5.05. The van der Waals surface area contributed by atoms with Crippen LogP contribution in [0.15, 0.2) is 30.5 Å². The zero-order valence-corrected chi connectivity index (χ0v) is 10.7. The van der Waals surface area contributed by atoms with Crippen molar-refractivity contribution >= 4 is 0 Å². The van der Waals surface area contributed by atoms with Crippen molar-refractivity contribution in [3.8, 4) is 11.3 Å². The highest BCUT2D eigenvalue weighted by molar-refractivity contribution is 5.58. The molecule has 1 fully saturated rings. The predicted molar refractivity (Wildman–Crippen MR) is 73.4 cm³/mol. The van der Waals surface area contributed by atoms with Gasteiger partial charge in [0, 0.05) is 0 Å². The summed E-state index contributed by atoms with van der Waals surface area (Å²) >= 11 is 0. The molecule has 2 N–H and O–H groups in total. The number of hydrogen-bond acceptors (Lipinski definition) is 2. The molecular weight excluding hydrogens is 222 g/mol. The van der Waals surface area contributed by atoms with E-state index >= 15 is 0 Å². The van der Waals surface area contributed by atoms with Gasteiger partial charge in [-0.05, 0) is 31.9 Å². The topological polar surface area (TPSA) is 40.7 Å². The molecule has 1 aromatic carbocycles. The largest absolute Gasteiger partial charge is 0.341 e. The summed E-state index contributed by atoms with van der Waals surface area (Å²) < 4.78 is 0. The van der Waals surface area contributed by atoms with Crippen LogP contribution in [-0.2, 0) is 0 Å². The summed E-state index contributed by atoms with van der Waals surface area (Å²) in [6, 6.07) is 8.95. The molecule has 1 atom stereocenters. The van der Waals surface area contributed by atoms with Crippen molar-refractivity contribution in [2.24, 2.45) is 0 Å². The Labute approximate surface area is 108 Å². The van der Waals surface area contributed by atoms with Gasteiger partial charge in [0.05, 0.1) is 17.9 Å². The fourth-order valence-electron chi connectivity index (χ4n) is 2.48. The molecule has 2 heterocycles. The molecule has 3 heteroatoms. The SMILES string of the molecule is Cc1ccc(-c2cnc([C@H]3CCCCN3)[nH]2)cc1. The molecule has 0 radical (unpaired) electrons. The summed E-state index contributed by atoms with van der Waals surface area (Å²) in [7, 11) is 0. The molecule has 18 heavy (non-hydrogen) atoms. The number of H-pyrrole nitrogens is 1. The lowest BCUT2D eigenvalue weighted by molar-refractivity contribution is 0.399. The zero-order valence-electron chi connectivity index (χ0n) is 10.7. The summed E-state index contributed by atoms with van der Waals surface area (Å²) in [4.78, 5) is 7.97. The molecule has 0 amide bonds. The van der Waals surface area contributed by atoms with E-state index in [0.717, 1.165) is 18.1 Å². The maximum absolute atomic E-state index is 4.52. The first-order valence-corrected chi connectivity index (χ1v) is 6.68. The summed E-state index contributed by atoms with van der Waals surface area (Å²) in [5.74, 6) is 1.07. The Morgan fingerprint density at radius 1 is 1.17 bits per heavy atom. The van der Waals surface area contributed by atoms with E-state index in [4.69, 9.17) is 0 Å². The highest BCUT2D eigenvalue weighted by Crippen LogP contribution is 2.24. The summed E-state index contributed by atoms with van der Waals surface area (Å²) in [5, 5.41) is 3.52. The maximum atomic E-state index is 4.52. The fraction of sp³-hybridized carbons (Fsp3) is 0.400. The Hall–Kier alpha value is -1.61.